The van der Waals surface area contributed by atoms with E-state index in [4.69, 9.17) is 33.3 Å². The fourth-order valence-electron chi connectivity index (χ4n) is 5.56. The Morgan fingerprint density at radius 1 is 0.586 bits per heavy atom. The molecule has 0 radical (unpaired) electrons. The third-order valence-electron chi connectivity index (χ3n) is 8.94. The number of hydrogen-bond donors (Lipinski definition) is 3. The van der Waals surface area contributed by atoms with Crippen molar-refractivity contribution in [2.75, 3.05) is 86.8 Å². The molecule has 3 amide bonds. The van der Waals surface area contributed by atoms with Gasteiger partial charge in [0.05, 0.1) is 71.2 Å². The summed E-state index contributed by atoms with van der Waals surface area (Å²) >= 11 is 0. The van der Waals surface area contributed by atoms with Gasteiger partial charge in [-0.25, -0.2) is 4.79 Å². The van der Waals surface area contributed by atoms with E-state index in [2.05, 4.69) is 40.4 Å². The van der Waals surface area contributed by atoms with Gasteiger partial charge in [0.25, 0.3) is 5.91 Å². The predicted octanol–water partition coefficient (Wildman–Crippen LogP) is 3.48. The third kappa shape index (κ3) is 25.2. The SMILES string of the molecule is COCCOCCOCC(=O)NCCCC[C@H](NC(=O)COCCOCCOC)C(=O)CC[C@H](C)C(=O)ONC(=O)Cc1ccc(CCCCc2ccccc2)cc1. The second-order valence-corrected chi connectivity index (χ2v) is 13.8. The molecule has 0 aromatic heterocycles. The molecule has 0 aliphatic carbocycles. The third-order valence-corrected chi connectivity index (χ3v) is 8.94. The molecule has 3 N–H and O–H groups in total. The molecule has 0 saturated heterocycles. The molecule has 0 fully saturated rings. The summed E-state index contributed by atoms with van der Waals surface area (Å²) < 4.78 is 31.1. The Bertz CT molecular complexity index is 1430. The molecular weight excluding hydrogens is 750 g/mol. The number of ether oxygens (including phenoxy) is 6. The summed E-state index contributed by atoms with van der Waals surface area (Å²) in [6.07, 6.45) is 5.75. The second kappa shape index (κ2) is 32.7. The number of hydrogen-bond acceptors (Lipinski definition) is 12. The lowest BCUT2D eigenvalue weighted by molar-refractivity contribution is -0.161. The van der Waals surface area contributed by atoms with Crippen molar-refractivity contribution >= 4 is 29.5 Å². The fraction of sp³-hybridized carbons (Fsp3) is 0.605. The van der Waals surface area contributed by atoms with Crippen LogP contribution in [0.15, 0.2) is 54.6 Å². The highest BCUT2D eigenvalue weighted by atomic mass is 16.7. The highest BCUT2D eigenvalue weighted by Gasteiger charge is 2.24. The van der Waals surface area contributed by atoms with Gasteiger partial charge in [-0.15, -0.1) is 0 Å². The van der Waals surface area contributed by atoms with Crippen LogP contribution in [0.3, 0.4) is 0 Å². The van der Waals surface area contributed by atoms with Crippen LogP contribution in [-0.2, 0) is 76.5 Å². The zero-order valence-electron chi connectivity index (χ0n) is 34.6. The molecule has 58 heavy (non-hydrogen) atoms. The first-order valence-corrected chi connectivity index (χ1v) is 20.2. The lowest BCUT2D eigenvalue weighted by Crippen LogP contribution is -2.43. The van der Waals surface area contributed by atoms with Gasteiger partial charge >= 0.3 is 5.97 Å². The Morgan fingerprint density at radius 3 is 1.76 bits per heavy atom. The molecule has 0 unspecified atom stereocenters. The molecule has 0 aliphatic heterocycles. The van der Waals surface area contributed by atoms with Gasteiger partial charge in [-0.2, -0.15) is 5.48 Å². The molecule has 2 aromatic carbocycles. The van der Waals surface area contributed by atoms with Crippen LogP contribution in [0, 0.1) is 5.92 Å². The number of carbonyl (C=O) groups is 5. The van der Waals surface area contributed by atoms with Gasteiger partial charge in [0.15, 0.2) is 5.78 Å². The van der Waals surface area contributed by atoms with Crippen LogP contribution in [-0.4, -0.2) is 122 Å². The normalized spacial score (nSPS) is 12.1. The number of methoxy groups -OCH3 is 2. The molecule has 15 heteroatoms. The van der Waals surface area contributed by atoms with E-state index < -0.39 is 29.7 Å². The molecule has 15 nitrogen and oxygen atoms in total. The number of benzene rings is 2. The number of unbranched alkanes of at least 4 members (excludes halogenated alkanes) is 2. The molecule has 0 saturated carbocycles. The first-order valence-electron chi connectivity index (χ1n) is 20.2. The summed E-state index contributed by atoms with van der Waals surface area (Å²) in [6, 6.07) is 17.4. The average molecular weight is 816 g/mol. The zero-order chi connectivity index (χ0) is 42.1. The summed E-state index contributed by atoms with van der Waals surface area (Å²) in [7, 11) is 3.16. The van der Waals surface area contributed by atoms with Crippen molar-refractivity contribution in [2.45, 2.75) is 77.2 Å². The van der Waals surface area contributed by atoms with E-state index >= 15 is 0 Å². The molecule has 0 bridgehead atoms. The topological polar surface area (TPSA) is 186 Å². The second-order valence-electron chi connectivity index (χ2n) is 13.8. The van der Waals surface area contributed by atoms with Crippen molar-refractivity contribution in [3.8, 4) is 0 Å². The quantitative estimate of drug-likeness (QED) is 0.0692. The molecule has 0 heterocycles. The smallest absolute Gasteiger partial charge is 0.335 e. The number of amides is 3. The summed E-state index contributed by atoms with van der Waals surface area (Å²) in [5.41, 5.74) is 5.55. The van der Waals surface area contributed by atoms with E-state index in [9.17, 15) is 24.0 Å². The molecule has 0 spiro atoms. The van der Waals surface area contributed by atoms with Crippen LogP contribution in [0.4, 0.5) is 0 Å². The minimum Gasteiger partial charge on any atom is -0.382 e. The first-order chi connectivity index (χ1) is 28.2. The Kier molecular flexibility index (Phi) is 28.1. The minimum absolute atomic E-state index is 0.00871. The largest absolute Gasteiger partial charge is 0.382 e. The highest BCUT2D eigenvalue weighted by molar-refractivity contribution is 5.89. The van der Waals surface area contributed by atoms with Crippen molar-refractivity contribution in [3.63, 3.8) is 0 Å². The molecule has 324 valence electrons. The van der Waals surface area contributed by atoms with Gasteiger partial charge in [0.1, 0.15) is 13.2 Å². The summed E-state index contributed by atoms with van der Waals surface area (Å²) in [5.74, 6) is -2.83. The Hall–Kier alpha value is -4.25. The van der Waals surface area contributed by atoms with Gasteiger partial charge in [0.2, 0.25) is 11.8 Å². The summed E-state index contributed by atoms with van der Waals surface area (Å²) in [6.45, 7) is 4.52. The van der Waals surface area contributed by atoms with Crippen LogP contribution in [0.25, 0.3) is 0 Å². The van der Waals surface area contributed by atoms with Crippen molar-refractivity contribution in [2.24, 2.45) is 5.92 Å². The first kappa shape index (κ1) is 49.9. The Labute approximate surface area is 343 Å². The van der Waals surface area contributed by atoms with Crippen LogP contribution >= 0.6 is 0 Å². The van der Waals surface area contributed by atoms with E-state index in [0.717, 1.165) is 31.2 Å². The number of aryl methyl sites for hydroxylation is 2. The van der Waals surface area contributed by atoms with Crippen LogP contribution in [0.5, 0.6) is 0 Å². The maximum Gasteiger partial charge on any atom is 0.335 e. The van der Waals surface area contributed by atoms with E-state index in [-0.39, 0.29) is 64.0 Å². The maximum atomic E-state index is 13.3. The van der Waals surface area contributed by atoms with Gasteiger partial charge in [-0.3, -0.25) is 19.2 Å². The number of ketones is 1. The maximum absolute atomic E-state index is 13.3. The highest BCUT2D eigenvalue weighted by Crippen LogP contribution is 2.14. The van der Waals surface area contributed by atoms with E-state index in [1.165, 1.54) is 11.1 Å². The van der Waals surface area contributed by atoms with E-state index in [1.807, 2.05) is 30.3 Å². The van der Waals surface area contributed by atoms with Gasteiger partial charge in [0, 0.05) is 27.2 Å². The lowest BCUT2D eigenvalue weighted by atomic mass is 9.97. The summed E-state index contributed by atoms with van der Waals surface area (Å²) in [4.78, 5) is 68.3. The van der Waals surface area contributed by atoms with Crippen LogP contribution < -0.4 is 16.1 Å². The number of hydroxylamine groups is 1. The Balaban J connectivity index is 1.73. The van der Waals surface area contributed by atoms with Crippen molar-refractivity contribution in [1.82, 2.24) is 16.1 Å². The molecule has 2 rings (SSSR count). The van der Waals surface area contributed by atoms with Crippen molar-refractivity contribution < 1.29 is 57.2 Å². The van der Waals surface area contributed by atoms with E-state index in [0.29, 0.717) is 58.8 Å². The molecule has 2 atom stereocenters. The van der Waals surface area contributed by atoms with E-state index in [1.54, 1.807) is 21.1 Å². The van der Waals surface area contributed by atoms with Crippen molar-refractivity contribution in [3.05, 3.63) is 71.3 Å². The van der Waals surface area contributed by atoms with Gasteiger partial charge in [-0.1, -0.05) is 61.5 Å². The number of rotatable bonds is 34. The fourth-order valence-corrected chi connectivity index (χ4v) is 5.56. The number of Topliss-reactive ketones (excluding diaryl/α,β-unsaturated/α-hetero) is 1. The molecular formula is C43H65N3O12. The average Bonchev–Trinajstić information content (AvgIpc) is 3.23. The lowest BCUT2D eigenvalue weighted by Gasteiger charge is -2.19. The van der Waals surface area contributed by atoms with Gasteiger partial charge in [-0.05, 0) is 68.1 Å². The zero-order valence-corrected chi connectivity index (χ0v) is 34.6. The van der Waals surface area contributed by atoms with Crippen LogP contribution in [0.1, 0.15) is 68.6 Å². The number of nitrogens with one attached hydrogen (secondary N) is 3. The standard InChI is InChI=1S/C43H65N3O12/c1-34(43(51)58-46-40(48)31-37-19-17-36(18-20-37)14-8-7-13-35-11-5-4-6-12-35)16-21-39(47)38(45-42(50)33-57-30-28-55-26-24-53-3)15-9-10-22-44-41(49)32-56-29-27-54-25-23-52-2/h4-6,11-12,17-20,34,38H,7-10,13-16,21-33H2,1-3H3,(H,44,49)(H,45,50)(H,46,48)/t34-,38-/m0/s1. The van der Waals surface area contributed by atoms with Crippen molar-refractivity contribution in [1.29, 1.82) is 0 Å². The molecule has 0 aliphatic rings. The van der Waals surface area contributed by atoms with Crippen LogP contribution in [0.2, 0.25) is 0 Å². The molecule has 2 aromatic rings. The summed E-state index contributed by atoms with van der Waals surface area (Å²) in [5, 5.41) is 5.52. The monoisotopic (exact) mass is 815 g/mol. The minimum atomic E-state index is -0.824. The Morgan fingerprint density at radius 2 is 1.14 bits per heavy atom. The number of carbonyl (C=O) groups excluding carboxylic acids is 5. The van der Waals surface area contributed by atoms with Gasteiger partial charge < -0.3 is 43.9 Å². The predicted molar refractivity (Wildman–Crippen MR) is 217 cm³/mol.